The van der Waals surface area contributed by atoms with Crippen molar-refractivity contribution in [3.05, 3.63) is 29.8 Å². The topological polar surface area (TPSA) is 49.4 Å². The Morgan fingerprint density at radius 1 is 1.09 bits per heavy atom. The van der Waals surface area contributed by atoms with Crippen LogP contribution in [0.25, 0.3) is 0 Å². The maximum absolute atomic E-state index is 12.4. The lowest BCUT2D eigenvalue weighted by molar-refractivity contribution is -0.135. The molecule has 1 aliphatic heterocycles. The highest BCUT2D eigenvalue weighted by Gasteiger charge is 2.35. The number of para-hydroxylation sites is 1. The number of rotatable bonds is 4. The second-order valence-corrected chi connectivity index (χ2v) is 6.37. The summed E-state index contributed by atoms with van der Waals surface area (Å²) in [6, 6.07) is 7.96. The minimum absolute atomic E-state index is 0.0214. The Morgan fingerprint density at radius 3 is 2.41 bits per heavy atom. The standard InChI is InChI=1S/C18H24N2O2/c1-2-13-5-3-4-6-16(13)19-17(21)14-9-11-20(12-10-14)18(22)15-7-8-15/h3-6,14-15H,2,7-12H2,1H3,(H,19,21). The van der Waals surface area contributed by atoms with E-state index in [-0.39, 0.29) is 17.7 Å². The van der Waals surface area contributed by atoms with E-state index in [1.807, 2.05) is 29.2 Å². The van der Waals surface area contributed by atoms with Gasteiger partial charge in [-0.05, 0) is 43.7 Å². The average Bonchev–Trinajstić information content (AvgIpc) is 3.40. The lowest BCUT2D eigenvalue weighted by atomic mass is 9.95. The summed E-state index contributed by atoms with van der Waals surface area (Å²) in [6.45, 7) is 3.54. The quantitative estimate of drug-likeness (QED) is 0.929. The highest BCUT2D eigenvalue weighted by atomic mass is 16.2. The zero-order valence-corrected chi connectivity index (χ0v) is 13.2. The first-order valence-corrected chi connectivity index (χ1v) is 8.36. The van der Waals surface area contributed by atoms with E-state index in [1.54, 1.807) is 0 Å². The van der Waals surface area contributed by atoms with Crippen molar-refractivity contribution in [3.63, 3.8) is 0 Å². The molecule has 1 saturated carbocycles. The van der Waals surface area contributed by atoms with Gasteiger partial charge in [0.15, 0.2) is 0 Å². The Kier molecular flexibility index (Phi) is 4.46. The molecule has 0 unspecified atom stereocenters. The number of likely N-dealkylation sites (tertiary alicyclic amines) is 1. The summed E-state index contributed by atoms with van der Waals surface area (Å²) in [5.74, 6) is 0.699. The van der Waals surface area contributed by atoms with Crippen LogP contribution in [0.3, 0.4) is 0 Å². The molecule has 4 nitrogen and oxygen atoms in total. The summed E-state index contributed by atoms with van der Waals surface area (Å²) in [5.41, 5.74) is 2.09. The Hall–Kier alpha value is -1.84. The number of carbonyl (C=O) groups excluding carboxylic acids is 2. The number of carbonyl (C=O) groups is 2. The molecule has 4 heteroatoms. The zero-order valence-electron chi connectivity index (χ0n) is 13.2. The summed E-state index contributed by atoms with van der Waals surface area (Å²) in [7, 11) is 0. The SMILES string of the molecule is CCc1ccccc1NC(=O)C1CCN(C(=O)C2CC2)CC1. The van der Waals surface area contributed by atoms with E-state index in [0.717, 1.165) is 56.4 Å². The van der Waals surface area contributed by atoms with E-state index >= 15 is 0 Å². The number of nitrogens with zero attached hydrogens (tertiary/aromatic N) is 1. The van der Waals surface area contributed by atoms with Gasteiger partial charge in [0.1, 0.15) is 0 Å². The predicted molar refractivity (Wildman–Crippen MR) is 86.5 cm³/mol. The largest absolute Gasteiger partial charge is 0.342 e. The van der Waals surface area contributed by atoms with Crippen molar-refractivity contribution < 1.29 is 9.59 Å². The monoisotopic (exact) mass is 300 g/mol. The van der Waals surface area contributed by atoms with Crippen molar-refractivity contribution in [2.45, 2.75) is 39.0 Å². The van der Waals surface area contributed by atoms with Crippen molar-refractivity contribution in [1.29, 1.82) is 0 Å². The third kappa shape index (κ3) is 3.32. The van der Waals surface area contributed by atoms with Gasteiger partial charge >= 0.3 is 0 Å². The second-order valence-electron chi connectivity index (χ2n) is 6.37. The number of benzene rings is 1. The van der Waals surface area contributed by atoms with Crippen LogP contribution in [-0.4, -0.2) is 29.8 Å². The van der Waals surface area contributed by atoms with Crippen LogP contribution < -0.4 is 5.32 Å². The molecule has 1 heterocycles. The highest BCUT2D eigenvalue weighted by molar-refractivity contribution is 5.93. The minimum Gasteiger partial charge on any atom is -0.342 e. The highest BCUT2D eigenvalue weighted by Crippen LogP contribution is 2.32. The van der Waals surface area contributed by atoms with Crippen LogP contribution in [0, 0.1) is 11.8 Å². The number of amides is 2. The summed E-state index contributed by atoms with van der Waals surface area (Å²) < 4.78 is 0. The Balaban J connectivity index is 1.54. The van der Waals surface area contributed by atoms with E-state index in [0.29, 0.717) is 5.91 Å². The van der Waals surface area contributed by atoms with Crippen LogP contribution in [0.4, 0.5) is 5.69 Å². The van der Waals surface area contributed by atoms with Gasteiger partial charge in [0.2, 0.25) is 11.8 Å². The smallest absolute Gasteiger partial charge is 0.227 e. The number of piperidine rings is 1. The van der Waals surface area contributed by atoms with Gasteiger partial charge in [-0.15, -0.1) is 0 Å². The van der Waals surface area contributed by atoms with Crippen LogP contribution in [0.1, 0.15) is 38.2 Å². The maximum atomic E-state index is 12.4. The van der Waals surface area contributed by atoms with E-state index in [1.165, 1.54) is 0 Å². The molecule has 0 atom stereocenters. The summed E-state index contributed by atoms with van der Waals surface area (Å²) in [6.07, 6.45) is 4.56. The molecule has 2 amide bonds. The fourth-order valence-corrected chi connectivity index (χ4v) is 3.14. The molecule has 1 saturated heterocycles. The van der Waals surface area contributed by atoms with Gasteiger partial charge in [-0.2, -0.15) is 0 Å². The number of hydrogen-bond donors (Lipinski definition) is 1. The zero-order chi connectivity index (χ0) is 15.5. The maximum Gasteiger partial charge on any atom is 0.227 e. The van der Waals surface area contributed by atoms with E-state index < -0.39 is 0 Å². The Bertz CT molecular complexity index is 558. The predicted octanol–water partition coefficient (Wildman–Crippen LogP) is 2.84. The molecule has 1 aliphatic carbocycles. The summed E-state index contributed by atoms with van der Waals surface area (Å²) in [5, 5.41) is 3.07. The van der Waals surface area contributed by atoms with Crippen LogP contribution >= 0.6 is 0 Å². The summed E-state index contributed by atoms with van der Waals surface area (Å²) in [4.78, 5) is 26.4. The van der Waals surface area contributed by atoms with Gasteiger partial charge < -0.3 is 10.2 Å². The molecular weight excluding hydrogens is 276 g/mol. The lowest BCUT2D eigenvalue weighted by Crippen LogP contribution is -2.42. The molecule has 0 aromatic heterocycles. The molecule has 0 spiro atoms. The molecule has 0 radical (unpaired) electrons. The van der Waals surface area contributed by atoms with Gasteiger partial charge in [0, 0.05) is 30.6 Å². The molecule has 1 aromatic carbocycles. The van der Waals surface area contributed by atoms with Gasteiger partial charge in [-0.1, -0.05) is 25.1 Å². The third-order valence-electron chi connectivity index (χ3n) is 4.76. The van der Waals surface area contributed by atoms with Crippen LogP contribution in [-0.2, 0) is 16.0 Å². The normalized spacial score (nSPS) is 19.0. The molecular formula is C18H24N2O2. The van der Waals surface area contributed by atoms with Crippen molar-refractivity contribution in [2.24, 2.45) is 11.8 Å². The number of aryl methyl sites for hydroxylation is 1. The molecule has 0 bridgehead atoms. The van der Waals surface area contributed by atoms with Gasteiger partial charge in [0.05, 0.1) is 0 Å². The average molecular weight is 300 g/mol. The molecule has 22 heavy (non-hydrogen) atoms. The minimum atomic E-state index is 0.0214. The molecule has 1 aromatic rings. The number of hydrogen-bond acceptors (Lipinski definition) is 2. The lowest BCUT2D eigenvalue weighted by Gasteiger charge is -2.31. The van der Waals surface area contributed by atoms with E-state index in [4.69, 9.17) is 0 Å². The first-order valence-electron chi connectivity index (χ1n) is 8.36. The number of nitrogens with one attached hydrogen (secondary N) is 1. The fourth-order valence-electron chi connectivity index (χ4n) is 3.14. The van der Waals surface area contributed by atoms with Crippen LogP contribution in [0.2, 0.25) is 0 Å². The van der Waals surface area contributed by atoms with Gasteiger partial charge in [-0.3, -0.25) is 9.59 Å². The van der Waals surface area contributed by atoms with Crippen molar-refractivity contribution >= 4 is 17.5 Å². The summed E-state index contributed by atoms with van der Waals surface area (Å²) >= 11 is 0. The molecule has 2 aliphatic rings. The van der Waals surface area contributed by atoms with Crippen molar-refractivity contribution in [3.8, 4) is 0 Å². The van der Waals surface area contributed by atoms with Gasteiger partial charge in [0.25, 0.3) is 0 Å². The molecule has 118 valence electrons. The first kappa shape index (κ1) is 15.1. The van der Waals surface area contributed by atoms with Gasteiger partial charge in [-0.25, -0.2) is 0 Å². The molecule has 2 fully saturated rings. The van der Waals surface area contributed by atoms with Crippen LogP contribution in [0.15, 0.2) is 24.3 Å². The van der Waals surface area contributed by atoms with Crippen molar-refractivity contribution in [1.82, 2.24) is 4.90 Å². The van der Waals surface area contributed by atoms with Crippen LogP contribution in [0.5, 0.6) is 0 Å². The van der Waals surface area contributed by atoms with E-state index in [2.05, 4.69) is 12.2 Å². The van der Waals surface area contributed by atoms with E-state index in [9.17, 15) is 9.59 Å². The number of anilines is 1. The molecule has 3 rings (SSSR count). The Labute approximate surface area is 131 Å². The third-order valence-corrected chi connectivity index (χ3v) is 4.76. The Morgan fingerprint density at radius 2 is 1.77 bits per heavy atom. The first-order chi connectivity index (χ1) is 10.7. The fraction of sp³-hybridized carbons (Fsp3) is 0.556. The molecule has 1 N–H and O–H groups in total. The second kappa shape index (κ2) is 6.51. The van der Waals surface area contributed by atoms with Crippen molar-refractivity contribution in [2.75, 3.05) is 18.4 Å².